The number of ether oxygens (including phenoxy) is 1. The Balaban J connectivity index is 2.08. The molecule has 1 aromatic heterocycles. The van der Waals surface area contributed by atoms with Gasteiger partial charge >= 0.3 is 5.97 Å². The molecule has 1 aromatic rings. The predicted molar refractivity (Wildman–Crippen MR) is 69.5 cm³/mol. The fourth-order valence-corrected chi connectivity index (χ4v) is 2.76. The zero-order valence-electron chi connectivity index (χ0n) is 11.5. The Morgan fingerprint density at radius 3 is 3.06 bits per heavy atom. The van der Waals surface area contributed by atoms with Crippen molar-refractivity contribution in [1.29, 1.82) is 0 Å². The summed E-state index contributed by atoms with van der Waals surface area (Å²) in [5, 5.41) is 0. The van der Waals surface area contributed by atoms with E-state index in [1.165, 1.54) is 19.3 Å². The second-order valence-corrected chi connectivity index (χ2v) is 5.84. The third-order valence-electron chi connectivity index (χ3n) is 3.69. The lowest BCUT2D eigenvalue weighted by molar-refractivity contribution is 0.0520. The van der Waals surface area contributed by atoms with Crippen molar-refractivity contribution >= 4 is 5.97 Å². The van der Waals surface area contributed by atoms with Gasteiger partial charge < -0.3 is 9.30 Å². The number of nitrogens with zero attached hydrogens (tertiary/aromatic N) is 2. The highest BCUT2D eigenvalue weighted by atomic mass is 16.5. The van der Waals surface area contributed by atoms with E-state index < -0.39 is 0 Å². The van der Waals surface area contributed by atoms with Gasteiger partial charge in [0.1, 0.15) is 0 Å². The van der Waals surface area contributed by atoms with Crippen LogP contribution in [0.4, 0.5) is 0 Å². The van der Waals surface area contributed by atoms with Crippen LogP contribution in [0.5, 0.6) is 0 Å². The van der Waals surface area contributed by atoms with E-state index in [1.54, 1.807) is 13.3 Å². The molecule has 4 nitrogen and oxygen atoms in total. The van der Waals surface area contributed by atoms with Crippen molar-refractivity contribution in [2.24, 2.45) is 5.41 Å². The van der Waals surface area contributed by atoms with Gasteiger partial charge in [-0.2, -0.15) is 0 Å². The normalized spacial score (nSPS) is 22.7. The minimum Gasteiger partial charge on any atom is -0.461 e. The monoisotopic (exact) mass is 250 g/mol. The third kappa shape index (κ3) is 2.92. The van der Waals surface area contributed by atoms with Crippen LogP contribution in [-0.4, -0.2) is 22.1 Å². The Bertz CT molecular complexity index is 423. The molecule has 1 heterocycles. The van der Waals surface area contributed by atoms with E-state index in [2.05, 4.69) is 23.4 Å². The fraction of sp³-hybridized carbons (Fsp3) is 0.714. The average Bonchev–Trinajstić information content (AvgIpc) is 2.77. The Hall–Kier alpha value is -1.32. The van der Waals surface area contributed by atoms with Crippen LogP contribution in [0.1, 0.15) is 63.0 Å². The molecule has 1 saturated carbocycles. The summed E-state index contributed by atoms with van der Waals surface area (Å²) in [6.45, 7) is 6.81. The molecule has 0 saturated heterocycles. The first-order chi connectivity index (χ1) is 8.52. The lowest BCUT2D eigenvalue weighted by atomic mass is 9.75. The first-order valence-electron chi connectivity index (χ1n) is 6.72. The summed E-state index contributed by atoms with van der Waals surface area (Å²) >= 11 is 0. The van der Waals surface area contributed by atoms with Gasteiger partial charge in [0, 0.05) is 12.2 Å². The Morgan fingerprint density at radius 1 is 1.61 bits per heavy atom. The van der Waals surface area contributed by atoms with Crippen molar-refractivity contribution < 1.29 is 9.53 Å². The molecular weight excluding hydrogens is 228 g/mol. The summed E-state index contributed by atoms with van der Waals surface area (Å²) in [6, 6.07) is 0.462. The van der Waals surface area contributed by atoms with Crippen LogP contribution < -0.4 is 0 Å². The average molecular weight is 250 g/mol. The number of esters is 1. The minimum absolute atomic E-state index is 0.327. The Labute approximate surface area is 108 Å². The summed E-state index contributed by atoms with van der Waals surface area (Å²) in [4.78, 5) is 15.7. The van der Waals surface area contributed by atoms with E-state index in [-0.39, 0.29) is 5.97 Å². The summed E-state index contributed by atoms with van der Waals surface area (Å²) in [6.07, 6.45) is 8.42. The molecule has 0 radical (unpaired) electrons. The molecule has 0 aliphatic heterocycles. The maximum atomic E-state index is 11.6. The van der Waals surface area contributed by atoms with Crippen LogP contribution in [0.25, 0.3) is 0 Å². The summed E-state index contributed by atoms with van der Waals surface area (Å²) in [5.74, 6) is -0.327. The molecule has 1 aliphatic carbocycles. The number of rotatable bonds is 3. The highest BCUT2D eigenvalue weighted by Gasteiger charge is 2.29. The van der Waals surface area contributed by atoms with Gasteiger partial charge in [-0.25, -0.2) is 9.78 Å². The van der Waals surface area contributed by atoms with Crippen LogP contribution in [0.15, 0.2) is 12.5 Å². The van der Waals surface area contributed by atoms with Crippen LogP contribution in [0.3, 0.4) is 0 Å². The van der Waals surface area contributed by atoms with Gasteiger partial charge in [-0.15, -0.1) is 0 Å². The van der Waals surface area contributed by atoms with Crippen molar-refractivity contribution in [1.82, 2.24) is 9.55 Å². The van der Waals surface area contributed by atoms with Gasteiger partial charge in [0.15, 0.2) is 5.69 Å². The summed E-state index contributed by atoms with van der Waals surface area (Å²) in [7, 11) is 0. The molecule has 0 N–H and O–H groups in total. The van der Waals surface area contributed by atoms with Gasteiger partial charge in [0.25, 0.3) is 0 Å². The standard InChI is InChI=1S/C14H22N2O2/c1-4-18-13(17)12-9-16(10-15-12)11-6-5-7-14(2,3)8-11/h9-11H,4-8H2,1-3H3. The maximum absolute atomic E-state index is 11.6. The number of hydrogen-bond acceptors (Lipinski definition) is 3. The van der Waals surface area contributed by atoms with Gasteiger partial charge in [-0.1, -0.05) is 20.3 Å². The van der Waals surface area contributed by atoms with E-state index in [1.807, 2.05) is 6.20 Å². The molecule has 100 valence electrons. The number of hydrogen-bond donors (Lipinski definition) is 0. The number of aromatic nitrogens is 2. The van der Waals surface area contributed by atoms with E-state index >= 15 is 0 Å². The van der Waals surface area contributed by atoms with Crippen LogP contribution in [0, 0.1) is 5.41 Å². The van der Waals surface area contributed by atoms with Gasteiger partial charge in [0.05, 0.1) is 12.9 Å². The van der Waals surface area contributed by atoms with Gasteiger partial charge in [0.2, 0.25) is 0 Å². The first kappa shape index (κ1) is 13.1. The highest BCUT2D eigenvalue weighted by molar-refractivity contribution is 5.86. The molecular formula is C14H22N2O2. The van der Waals surface area contributed by atoms with Crippen molar-refractivity contribution in [2.75, 3.05) is 6.61 Å². The molecule has 0 amide bonds. The first-order valence-corrected chi connectivity index (χ1v) is 6.72. The van der Waals surface area contributed by atoms with Crippen LogP contribution >= 0.6 is 0 Å². The molecule has 4 heteroatoms. The van der Waals surface area contributed by atoms with E-state index in [0.717, 1.165) is 6.42 Å². The SMILES string of the molecule is CCOC(=O)c1cn(C2CCCC(C)(C)C2)cn1. The van der Waals surface area contributed by atoms with E-state index in [4.69, 9.17) is 4.74 Å². The quantitative estimate of drug-likeness (QED) is 0.774. The van der Waals surface area contributed by atoms with Crippen molar-refractivity contribution in [3.63, 3.8) is 0 Å². The number of imidazole rings is 1. The lowest BCUT2D eigenvalue weighted by Gasteiger charge is -2.35. The lowest BCUT2D eigenvalue weighted by Crippen LogP contribution is -2.24. The molecule has 1 fully saturated rings. The van der Waals surface area contributed by atoms with Crippen molar-refractivity contribution in [3.8, 4) is 0 Å². The number of carbonyl (C=O) groups excluding carboxylic acids is 1. The molecule has 1 aliphatic rings. The molecule has 2 rings (SSSR count). The van der Waals surface area contributed by atoms with Gasteiger partial charge in [-0.05, 0) is 31.6 Å². The van der Waals surface area contributed by atoms with Crippen molar-refractivity contribution in [2.45, 2.75) is 52.5 Å². The predicted octanol–water partition coefficient (Wildman–Crippen LogP) is 3.20. The van der Waals surface area contributed by atoms with Crippen molar-refractivity contribution in [3.05, 3.63) is 18.2 Å². The Morgan fingerprint density at radius 2 is 2.39 bits per heavy atom. The largest absolute Gasteiger partial charge is 0.461 e. The topological polar surface area (TPSA) is 44.1 Å². The summed E-state index contributed by atoms with van der Waals surface area (Å²) in [5.41, 5.74) is 0.803. The van der Waals surface area contributed by atoms with E-state index in [0.29, 0.717) is 23.8 Å². The maximum Gasteiger partial charge on any atom is 0.358 e. The van der Waals surface area contributed by atoms with Gasteiger partial charge in [-0.3, -0.25) is 0 Å². The highest BCUT2D eigenvalue weighted by Crippen LogP contribution is 2.40. The molecule has 18 heavy (non-hydrogen) atoms. The minimum atomic E-state index is -0.327. The van der Waals surface area contributed by atoms with Crippen LogP contribution in [-0.2, 0) is 4.74 Å². The molecule has 1 atom stereocenters. The smallest absolute Gasteiger partial charge is 0.358 e. The zero-order valence-corrected chi connectivity index (χ0v) is 11.5. The summed E-state index contributed by atoms with van der Waals surface area (Å²) < 4.78 is 7.03. The molecule has 0 spiro atoms. The second-order valence-electron chi connectivity index (χ2n) is 5.84. The second kappa shape index (κ2) is 5.12. The molecule has 0 aromatic carbocycles. The van der Waals surface area contributed by atoms with Crippen LogP contribution in [0.2, 0.25) is 0 Å². The fourth-order valence-electron chi connectivity index (χ4n) is 2.76. The molecule has 1 unspecified atom stereocenters. The number of carbonyl (C=O) groups is 1. The van der Waals surface area contributed by atoms with E-state index in [9.17, 15) is 4.79 Å². The zero-order chi connectivity index (χ0) is 13.2. The molecule has 0 bridgehead atoms. The Kier molecular flexibility index (Phi) is 3.73. The third-order valence-corrected chi connectivity index (χ3v) is 3.69.